The van der Waals surface area contributed by atoms with E-state index in [1.807, 2.05) is 0 Å². The molecule has 1 heteroatoms. The lowest BCUT2D eigenvalue weighted by atomic mass is 9.42. The van der Waals surface area contributed by atoms with Gasteiger partial charge in [-0.3, -0.25) is 0 Å². The van der Waals surface area contributed by atoms with Crippen molar-refractivity contribution in [3.05, 3.63) is 11.6 Å². The first-order chi connectivity index (χ1) is 12.7. The SMILES string of the molecule is CCC[C@@H](C)C1CCC2C3CC[C@]4(C)C[C@H](C)CC[C@]4(C)C3=C[C@H](O)[C@@]21C. The molecule has 4 rings (SSSR count). The zero-order chi connectivity index (χ0) is 19.6. The van der Waals surface area contributed by atoms with E-state index in [1.165, 1.54) is 57.8 Å². The van der Waals surface area contributed by atoms with Crippen molar-refractivity contribution in [3.8, 4) is 0 Å². The van der Waals surface area contributed by atoms with Crippen LogP contribution in [0.25, 0.3) is 0 Å². The van der Waals surface area contributed by atoms with E-state index in [4.69, 9.17) is 0 Å². The Hall–Kier alpha value is -0.300. The molecule has 154 valence electrons. The summed E-state index contributed by atoms with van der Waals surface area (Å²) in [5.41, 5.74) is 2.54. The maximum absolute atomic E-state index is 11.5. The molecule has 27 heavy (non-hydrogen) atoms. The van der Waals surface area contributed by atoms with Crippen LogP contribution in [0.5, 0.6) is 0 Å². The highest BCUT2D eigenvalue weighted by molar-refractivity contribution is 5.33. The average Bonchev–Trinajstić information content (AvgIpc) is 2.96. The Balaban J connectivity index is 1.71. The molecule has 3 saturated carbocycles. The van der Waals surface area contributed by atoms with Gasteiger partial charge in [0.15, 0.2) is 0 Å². The Morgan fingerprint density at radius 1 is 1.11 bits per heavy atom. The first-order valence-corrected chi connectivity index (χ1v) is 12.1. The molecule has 0 amide bonds. The van der Waals surface area contributed by atoms with Gasteiger partial charge in [-0.25, -0.2) is 0 Å². The molecule has 3 unspecified atom stereocenters. The molecule has 0 saturated heterocycles. The van der Waals surface area contributed by atoms with Gasteiger partial charge in [-0.15, -0.1) is 0 Å². The number of allylic oxidation sites excluding steroid dienone is 1. The van der Waals surface area contributed by atoms with Crippen molar-refractivity contribution >= 4 is 0 Å². The second kappa shape index (κ2) is 6.61. The number of aliphatic hydroxyl groups excluding tert-OH is 1. The first kappa shape index (κ1) is 20.0. The lowest BCUT2D eigenvalue weighted by molar-refractivity contribution is -0.0800. The zero-order valence-electron chi connectivity index (χ0n) is 18.9. The van der Waals surface area contributed by atoms with Crippen molar-refractivity contribution in [2.45, 2.75) is 105 Å². The summed E-state index contributed by atoms with van der Waals surface area (Å²) in [6.07, 6.45) is 14.3. The number of fused-ring (bicyclic) bond motifs is 5. The van der Waals surface area contributed by atoms with E-state index in [9.17, 15) is 5.11 Å². The Bertz CT molecular complexity index is 607. The molecule has 0 aromatic rings. The van der Waals surface area contributed by atoms with Gasteiger partial charge in [0.05, 0.1) is 6.10 Å². The highest BCUT2D eigenvalue weighted by Gasteiger charge is 2.62. The van der Waals surface area contributed by atoms with Crippen LogP contribution in [0.2, 0.25) is 0 Å². The number of hydrogen-bond acceptors (Lipinski definition) is 1. The van der Waals surface area contributed by atoms with Crippen LogP contribution in [-0.4, -0.2) is 11.2 Å². The molecule has 1 N–H and O–H groups in total. The summed E-state index contributed by atoms with van der Waals surface area (Å²) < 4.78 is 0. The second-order valence-electron chi connectivity index (χ2n) is 11.9. The van der Waals surface area contributed by atoms with Gasteiger partial charge < -0.3 is 5.11 Å². The molecule has 4 aliphatic carbocycles. The smallest absolute Gasteiger partial charge is 0.0782 e. The van der Waals surface area contributed by atoms with Crippen LogP contribution in [0.4, 0.5) is 0 Å². The monoisotopic (exact) mass is 372 g/mol. The third kappa shape index (κ3) is 2.66. The molecule has 0 radical (unpaired) electrons. The van der Waals surface area contributed by atoms with Gasteiger partial charge >= 0.3 is 0 Å². The highest BCUT2D eigenvalue weighted by atomic mass is 16.3. The minimum Gasteiger partial charge on any atom is -0.388 e. The second-order valence-corrected chi connectivity index (χ2v) is 11.9. The highest BCUT2D eigenvalue weighted by Crippen LogP contribution is 2.69. The minimum absolute atomic E-state index is 0.106. The molecule has 0 aromatic heterocycles. The van der Waals surface area contributed by atoms with Gasteiger partial charge in [0.25, 0.3) is 0 Å². The number of rotatable bonds is 3. The number of hydrogen-bond donors (Lipinski definition) is 1. The van der Waals surface area contributed by atoms with Crippen LogP contribution in [-0.2, 0) is 0 Å². The van der Waals surface area contributed by atoms with Crippen LogP contribution in [0.15, 0.2) is 11.6 Å². The maximum Gasteiger partial charge on any atom is 0.0782 e. The summed E-state index contributed by atoms with van der Waals surface area (Å²) in [4.78, 5) is 0. The van der Waals surface area contributed by atoms with Crippen molar-refractivity contribution < 1.29 is 5.11 Å². The molecule has 0 aromatic carbocycles. The van der Waals surface area contributed by atoms with Crippen LogP contribution in [0.1, 0.15) is 99.3 Å². The summed E-state index contributed by atoms with van der Waals surface area (Å²) in [7, 11) is 0. The van der Waals surface area contributed by atoms with Crippen molar-refractivity contribution in [1.29, 1.82) is 0 Å². The van der Waals surface area contributed by atoms with E-state index in [0.29, 0.717) is 22.7 Å². The molecular weight excluding hydrogens is 328 g/mol. The average molecular weight is 373 g/mol. The molecule has 0 spiro atoms. The van der Waals surface area contributed by atoms with Crippen molar-refractivity contribution in [1.82, 2.24) is 0 Å². The quantitative estimate of drug-likeness (QED) is 0.529. The summed E-state index contributed by atoms with van der Waals surface area (Å²) in [6, 6.07) is 0. The van der Waals surface area contributed by atoms with Crippen LogP contribution in [0, 0.1) is 45.8 Å². The summed E-state index contributed by atoms with van der Waals surface area (Å²) in [6.45, 7) is 14.8. The van der Waals surface area contributed by atoms with Crippen LogP contribution >= 0.6 is 0 Å². The maximum atomic E-state index is 11.5. The van der Waals surface area contributed by atoms with E-state index in [2.05, 4.69) is 47.6 Å². The number of aliphatic hydroxyl groups is 1. The molecule has 1 nitrogen and oxygen atoms in total. The lowest BCUT2D eigenvalue weighted by Gasteiger charge is -2.62. The van der Waals surface area contributed by atoms with Crippen LogP contribution in [0.3, 0.4) is 0 Å². The van der Waals surface area contributed by atoms with Crippen molar-refractivity contribution in [3.63, 3.8) is 0 Å². The molecule has 0 aliphatic heterocycles. The van der Waals surface area contributed by atoms with E-state index in [1.54, 1.807) is 5.57 Å². The summed E-state index contributed by atoms with van der Waals surface area (Å²) >= 11 is 0. The minimum atomic E-state index is -0.237. The van der Waals surface area contributed by atoms with Gasteiger partial charge in [0.1, 0.15) is 0 Å². The standard InChI is InChI=1S/C26H44O/c1-7-8-18(3)20-9-10-21-19-12-13-24(4)16-17(2)11-14-25(24,5)22(19)15-23(27)26(20,21)6/h15,17-21,23,27H,7-14,16H2,1-6H3/t17-,18-,19?,20?,21?,23+,24-,25-,26-/m1/s1. The van der Waals surface area contributed by atoms with Gasteiger partial charge in [-0.1, -0.05) is 66.0 Å². The van der Waals surface area contributed by atoms with Crippen molar-refractivity contribution in [2.24, 2.45) is 45.8 Å². The third-order valence-corrected chi connectivity index (χ3v) is 10.6. The fourth-order valence-corrected chi connectivity index (χ4v) is 8.80. The topological polar surface area (TPSA) is 20.2 Å². The lowest BCUT2D eigenvalue weighted by Crippen LogP contribution is -2.55. The first-order valence-electron chi connectivity index (χ1n) is 12.1. The predicted molar refractivity (Wildman–Crippen MR) is 114 cm³/mol. The third-order valence-electron chi connectivity index (χ3n) is 10.6. The van der Waals surface area contributed by atoms with E-state index < -0.39 is 0 Å². The predicted octanol–water partition coefficient (Wildman–Crippen LogP) is 7.00. The Kier molecular flexibility index (Phi) is 4.90. The fourth-order valence-electron chi connectivity index (χ4n) is 8.80. The Labute approximate surface area is 168 Å². The summed E-state index contributed by atoms with van der Waals surface area (Å²) in [5.74, 6) is 3.75. The molecule has 0 bridgehead atoms. The largest absolute Gasteiger partial charge is 0.388 e. The molecule has 4 aliphatic rings. The zero-order valence-corrected chi connectivity index (χ0v) is 18.9. The Morgan fingerprint density at radius 2 is 1.85 bits per heavy atom. The van der Waals surface area contributed by atoms with Gasteiger partial charge in [-0.05, 0) is 85.4 Å². The van der Waals surface area contributed by atoms with E-state index in [-0.39, 0.29) is 11.5 Å². The molecule has 3 fully saturated rings. The summed E-state index contributed by atoms with van der Waals surface area (Å²) in [5, 5.41) is 11.5. The van der Waals surface area contributed by atoms with Crippen molar-refractivity contribution in [2.75, 3.05) is 0 Å². The molecule has 0 heterocycles. The Morgan fingerprint density at radius 3 is 2.56 bits per heavy atom. The molecule has 9 atom stereocenters. The fraction of sp³-hybridized carbons (Fsp3) is 0.923. The van der Waals surface area contributed by atoms with Gasteiger partial charge in [0.2, 0.25) is 0 Å². The van der Waals surface area contributed by atoms with Gasteiger partial charge in [0, 0.05) is 5.41 Å². The normalized spacial score (nSPS) is 53.1. The molecular formula is C26H44O. The van der Waals surface area contributed by atoms with E-state index >= 15 is 0 Å². The van der Waals surface area contributed by atoms with Gasteiger partial charge in [-0.2, -0.15) is 0 Å². The van der Waals surface area contributed by atoms with E-state index in [0.717, 1.165) is 17.8 Å². The van der Waals surface area contributed by atoms with Crippen LogP contribution < -0.4 is 0 Å².